The van der Waals surface area contributed by atoms with Gasteiger partial charge in [-0.05, 0) is 43.1 Å². The summed E-state index contributed by atoms with van der Waals surface area (Å²) in [6.45, 7) is 11.3. The van der Waals surface area contributed by atoms with Crippen LogP contribution in [0.25, 0.3) is 11.0 Å². The molecule has 134 valence electrons. The molecule has 0 spiro atoms. The third kappa shape index (κ3) is 4.02. The zero-order chi connectivity index (χ0) is 18.0. The van der Waals surface area contributed by atoms with Gasteiger partial charge in [-0.25, -0.2) is 0 Å². The predicted molar refractivity (Wildman–Crippen MR) is 100 cm³/mol. The summed E-state index contributed by atoms with van der Waals surface area (Å²) in [4.78, 5) is 0. The largest absolute Gasteiger partial charge is 0.493 e. The Morgan fingerprint density at radius 2 is 1.96 bits per heavy atom. The van der Waals surface area contributed by atoms with Gasteiger partial charge in [0.15, 0.2) is 19.6 Å². The SMILES string of the molecule is COc1cccc2cc(C(CCCO)O[Si](C)(C)C(C)(C)C)oc12. The summed E-state index contributed by atoms with van der Waals surface area (Å²) in [6.07, 6.45) is 1.29. The van der Waals surface area contributed by atoms with Crippen molar-refractivity contribution in [1.82, 2.24) is 0 Å². The number of methoxy groups -OCH3 is 1. The van der Waals surface area contributed by atoms with Crippen molar-refractivity contribution >= 4 is 19.3 Å². The highest BCUT2D eigenvalue weighted by Gasteiger charge is 2.40. The van der Waals surface area contributed by atoms with Crippen LogP contribution in [0.1, 0.15) is 45.5 Å². The molecule has 0 amide bonds. The summed E-state index contributed by atoms with van der Waals surface area (Å²) in [7, 11) is -0.299. The van der Waals surface area contributed by atoms with Crippen molar-refractivity contribution in [2.24, 2.45) is 0 Å². The minimum Gasteiger partial charge on any atom is -0.493 e. The van der Waals surface area contributed by atoms with Crippen LogP contribution in [0.4, 0.5) is 0 Å². The van der Waals surface area contributed by atoms with E-state index in [1.54, 1.807) is 7.11 Å². The molecule has 0 aliphatic rings. The van der Waals surface area contributed by atoms with Gasteiger partial charge < -0.3 is 18.7 Å². The monoisotopic (exact) mass is 350 g/mol. The van der Waals surface area contributed by atoms with E-state index in [0.717, 1.165) is 28.9 Å². The zero-order valence-corrected chi connectivity index (χ0v) is 16.7. The van der Waals surface area contributed by atoms with Gasteiger partial charge in [0.05, 0.1) is 7.11 Å². The molecule has 1 unspecified atom stereocenters. The number of hydrogen-bond acceptors (Lipinski definition) is 4. The number of rotatable bonds is 7. The fourth-order valence-electron chi connectivity index (χ4n) is 2.44. The minimum absolute atomic E-state index is 0.119. The first-order valence-corrected chi connectivity index (χ1v) is 11.5. The standard InChI is InChI=1S/C19H30O4Si/c1-19(2,3)24(5,6)23-15(11-8-12-20)17-13-14-9-7-10-16(21-4)18(14)22-17/h7,9-10,13,15,20H,8,11-12H2,1-6H3. The van der Waals surface area contributed by atoms with Gasteiger partial charge in [-0.2, -0.15) is 0 Å². The average molecular weight is 351 g/mol. The molecular formula is C19H30O4Si. The van der Waals surface area contributed by atoms with Crippen LogP contribution in [-0.4, -0.2) is 27.1 Å². The van der Waals surface area contributed by atoms with Crippen LogP contribution >= 0.6 is 0 Å². The average Bonchev–Trinajstić information content (AvgIpc) is 2.94. The number of fused-ring (bicyclic) bond motifs is 1. The summed E-state index contributed by atoms with van der Waals surface area (Å²) in [5, 5.41) is 10.4. The lowest BCUT2D eigenvalue weighted by Gasteiger charge is -2.38. The molecule has 1 heterocycles. The predicted octanol–water partition coefficient (Wildman–Crippen LogP) is 5.28. The van der Waals surface area contributed by atoms with Gasteiger partial charge in [-0.1, -0.05) is 32.9 Å². The normalized spacial score (nSPS) is 14.1. The third-order valence-corrected chi connectivity index (χ3v) is 9.42. The van der Waals surface area contributed by atoms with E-state index in [1.807, 2.05) is 24.3 Å². The molecule has 0 aliphatic heterocycles. The molecule has 2 aromatic rings. The molecule has 4 nitrogen and oxygen atoms in total. The van der Waals surface area contributed by atoms with Gasteiger partial charge in [0.1, 0.15) is 11.9 Å². The van der Waals surface area contributed by atoms with Crippen molar-refractivity contribution in [2.45, 2.75) is 57.8 Å². The molecule has 1 aromatic carbocycles. The van der Waals surface area contributed by atoms with Crippen LogP contribution in [0.2, 0.25) is 18.1 Å². The Kier molecular flexibility index (Phi) is 5.78. The van der Waals surface area contributed by atoms with Crippen molar-refractivity contribution in [3.05, 3.63) is 30.0 Å². The first-order valence-electron chi connectivity index (χ1n) is 8.54. The van der Waals surface area contributed by atoms with Crippen molar-refractivity contribution in [3.63, 3.8) is 0 Å². The van der Waals surface area contributed by atoms with E-state index >= 15 is 0 Å². The molecule has 1 atom stereocenters. The second kappa shape index (κ2) is 7.29. The van der Waals surface area contributed by atoms with Crippen LogP contribution in [0.5, 0.6) is 5.75 Å². The fourth-order valence-corrected chi connectivity index (χ4v) is 3.74. The van der Waals surface area contributed by atoms with Crippen LogP contribution in [0.3, 0.4) is 0 Å². The molecule has 1 aromatic heterocycles. The molecular weight excluding hydrogens is 320 g/mol. The van der Waals surface area contributed by atoms with Crippen molar-refractivity contribution in [3.8, 4) is 5.75 Å². The van der Waals surface area contributed by atoms with E-state index in [2.05, 4.69) is 33.9 Å². The van der Waals surface area contributed by atoms with E-state index in [9.17, 15) is 5.11 Å². The Morgan fingerprint density at radius 3 is 2.54 bits per heavy atom. The molecule has 0 fully saturated rings. The summed E-state index contributed by atoms with van der Waals surface area (Å²) < 4.78 is 18.1. The second-order valence-electron chi connectivity index (χ2n) is 7.76. The van der Waals surface area contributed by atoms with Crippen molar-refractivity contribution in [1.29, 1.82) is 0 Å². The smallest absolute Gasteiger partial charge is 0.193 e. The molecule has 0 aliphatic carbocycles. The summed E-state index contributed by atoms with van der Waals surface area (Å²) in [5.41, 5.74) is 0.753. The Balaban J connectivity index is 2.37. The first kappa shape index (κ1) is 19.0. The number of para-hydroxylation sites is 1. The van der Waals surface area contributed by atoms with Crippen LogP contribution < -0.4 is 4.74 Å². The van der Waals surface area contributed by atoms with Gasteiger partial charge >= 0.3 is 0 Å². The lowest BCUT2D eigenvalue weighted by molar-refractivity contribution is 0.137. The Morgan fingerprint density at radius 1 is 1.25 bits per heavy atom. The molecule has 0 radical (unpaired) electrons. The summed E-state index contributed by atoms with van der Waals surface area (Å²) >= 11 is 0. The second-order valence-corrected chi connectivity index (χ2v) is 12.5. The first-order chi connectivity index (χ1) is 11.2. The van der Waals surface area contributed by atoms with E-state index in [0.29, 0.717) is 6.42 Å². The lowest BCUT2D eigenvalue weighted by atomic mass is 10.1. The van der Waals surface area contributed by atoms with Gasteiger partial charge in [0.25, 0.3) is 0 Å². The van der Waals surface area contributed by atoms with Crippen molar-refractivity contribution in [2.75, 3.05) is 13.7 Å². The number of aliphatic hydroxyl groups excluding tert-OH is 1. The Hall–Kier alpha value is -1.30. The van der Waals surface area contributed by atoms with Gasteiger partial charge in [0, 0.05) is 12.0 Å². The van der Waals surface area contributed by atoms with E-state index < -0.39 is 8.32 Å². The Bertz CT molecular complexity index is 670. The highest BCUT2D eigenvalue weighted by atomic mass is 28.4. The maximum atomic E-state index is 9.25. The molecule has 24 heavy (non-hydrogen) atoms. The Labute approximate surface area is 145 Å². The van der Waals surface area contributed by atoms with Crippen LogP contribution in [0.15, 0.2) is 28.7 Å². The molecule has 1 N–H and O–H groups in total. The van der Waals surface area contributed by atoms with Gasteiger partial charge in [0.2, 0.25) is 0 Å². The van der Waals surface area contributed by atoms with Crippen molar-refractivity contribution < 1.29 is 18.7 Å². The fraction of sp³-hybridized carbons (Fsp3) is 0.579. The zero-order valence-electron chi connectivity index (χ0n) is 15.7. The molecule has 5 heteroatoms. The van der Waals surface area contributed by atoms with E-state index in [4.69, 9.17) is 13.6 Å². The maximum absolute atomic E-state index is 9.25. The van der Waals surface area contributed by atoms with Gasteiger partial charge in [-0.15, -0.1) is 0 Å². The van der Waals surface area contributed by atoms with Gasteiger partial charge in [-0.3, -0.25) is 0 Å². The summed E-state index contributed by atoms with van der Waals surface area (Å²) in [5.74, 6) is 1.54. The minimum atomic E-state index is -1.94. The number of furan rings is 1. The summed E-state index contributed by atoms with van der Waals surface area (Å²) in [6, 6.07) is 7.90. The number of aliphatic hydroxyl groups is 1. The number of ether oxygens (including phenoxy) is 1. The molecule has 0 saturated heterocycles. The highest BCUT2D eigenvalue weighted by Crippen LogP contribution is 2.42. The highest BCUT2D eigenvalue weighted by molar-refractivity contribution is 6.74. The van der Waals surface area contributed by atoms with Crippen LogP contribution in [0, 0.1) is 0 Å². The lowest BCUT2D eigenvalue weighted by Crippen LogP contribution is -2.41. The quantitative estimate of drug-likeness (QED) is 0.691. The van der Waals surface area contributed by atoms with Crippen LogP contribution in [-0.2, 0) is 4.43 Å². The third-order valence-electron chi connectivity index (χ3n) is 4.93. The topological polar surface area (TPSA) is 51.8 Å². The van der Waals surface area contributed by atoms with E-state index in [1.165, 1.54) is 0 Å². The molecule has 2 rings (SSSR count). The number of benzene rings is 1. The maximum Gasteiger partial charge on any atom is 0.193 e. The molecule has 0 saturated carbocycles. The number of hydrogen-bond donors (Lipinski definition) is 1. The van der Waals surface area contributed by atoms with E-state index in [-0.39, 0.29) is 17.7 Å². The molecule has 0 bridgehead atoms.